The Morgan fingerprint density at radius 3 is 2.71 bits per heavy atom. The van der Waals surface area contributed by atoms with E-state index >= 15 is 0 Å². The highest BCUT2D eigenvalue weighted by molar-refractivity contribution is 7.99. The Bertz CT molecular complexity index is 809. The van der Waals surface area contributed by atoms with Gasteiger partial charge in [0, 0.05) is 54.6 Å². The molecule has 6 heteroatoms. The number of carbonyl (C=O) groups is 1. The van der Waals surface area contributed by atoms with Crippen LogP contribution in [-0.4, -0.2) is 45.2 Å². The van der Waals surface area contributed by atoms with Crippen molar-refractivity contribution in [2.24, 2.45) is 5.92 Å². The molecule has 3 rings (SSSR count). The maximum absolute atomic E-state index is 12.7. The van der Waals surface area contributed by atoms with Gasteiger partial charge in [-0.2, -0.15) is 16.9 Å². The summed E-state index contributed by atoms with van der Waals surface area (Å²) in [6, 6.07) is 8.24. The van der Waals surface area contributed by atoms with Gasteiger partial charge in [-0.25, -0.2) is 0 Å². The highest BCUT2D eigenvalue weighted by Gasteiger charge is 2.16. The zero-order chi connectivity index (χ0) is 20.1. The Morgan fingerprint density at radius 1 is 1.25 bits per heavy atom. The van der Waals surface area contributed by atoms with E-state index in [0.29, 0.717) is 12.3 Å². The molecule has 0 unspecified atom stereocenters. The van der Waals surface area contributed by atoms with Crippen molar-refractivity contribution in [1.82, 2.24) is 14.7 Å². The molecule has 0 saturated carbocycles. The predicted octanol–water partition coefficient (Wildman–Crippen LogP) is 3.89. The number of hydrogen-bond donors (Lipinski definition) is 1. The molecular formula is C22H32N4OS. The van der Waals surface area contributed by atoms with Gasteiger partial charge in [-0.1, -0.05) is 26.0 Å². The fourth-order valence-corrected chi connectivity index (χ4v) is 4.62. The summed E-state index contributed by atoms with van der Waals surface area (Å²) in [5.74, 6) is 2.96. The zero-order valence-electron chi connectivity index (χ0n) is 17.5. The van der Waals surface area contributed by atoms with Gasteiger partial charge in [0.25, 0.3) is 0 Å². The molecule has 0 bridgehead atoms. The van der Waals surface area contributed by atoms with Crippen LogP contribution in [0.15, 0.2) is 24.3 Å². The fraction of sp³-hybridized carbons (Fsp3) is 0.545. The van der Waals surface area contributed by atoms with E-state index < -0.39 is 0 Å². The summed E-state index contributed by atoms with van der Waals surface area (Å²) in [5, 5.41) is 7.69. The lowest BCUT2D eigenvalue weighted by molar-refractivity contribution is -0.115. The summed E-state index contributed by atoms with van der Waals surface area (Å²) < 4.78 is 2.03. The molecule has 1 aromatic heterocycles. The largest absolute Gasteiger partial charge is 0.326 e. The van der Waals surface area contributed by atoms with Crippen LogP contribution >= 0.6 is 11.8 Å². The third-order valence-electron chi connectivity index (χ3n) is 5.13. The lowest BCUT2D eigenvalue weighted by atomic mass is 10.1. The highest BCUT2D eigenvalue weighted by atomic mass is 32.2. The van der Waals surface area contributed by atoms with E-state index in [2.05, 4.69) is 48.2 Å². The first-order chi connectivity index (χ1) is 13.4. The monoisotopic (exact) mass is 400 g/mol. The minimum Gasteiger partial charge on any atom is -0.326 e. The van der Waals surface area contributed by atoms with Crippen molar-refractivity contribution in [2.75, 3.05) is 29.9 Å². The van der Waals surface area contributed by atoms with Crippen LogP contribution in [0.4, 0.5) is 5.69 Å². The summed E-state index contributed by atoms with van der Waals surface area (Å²) in [6.45, 7) is 12.5. The molecule has 1 aromatic carbocycles. The van der Waals surface area contributed by atoms with Crippen LogP contribution in [0, 0.1) is 19.8 Å². The van der Waals surface area contributed by atoms with Crippen molar-refractivity contribution in [3.63, 3.8) is 0 Å². The molecular weight excluding hydrogens is 368 g/mol. The van der Waals surface area contributed by atoms with E-state index in [1.54, 1.807) is 0 Å². The van der Waals surface area contributed by atoms with Crippen molar-refractivity contribution >= 4 is 23.4 Å². The van der Waals surface area contributed by atoms with Crippen molar-refractivity contribution in [2.45, 2.75) is 47.2 Å². The molecule has 0 aliphatic carbocycles. The van der Waals surface area contributed by atoms with Crippen LogP contribution in [0.2, 0.25) is 0 Å². The van der Waals surface area contributed by atoms with Crippen molar-refractivity contribution < 1.29 is 4.79 Å². The summed E-state index contributed by atoms with van der Waals surface area (Å²) in [4.78, 5) is 15.1. The first-order valence-electron chi connectivity index (χ1n) is 10.1. The summed E-state index contributed by atoms with van der Waals surface area (Å²) in [7, 11) is 0. The lowest BCUT2D eigenvalue weighted by Gasteiger charge is -2.26. The van der Waals surface area contributed by atoms with Crippen LogP contribution in [-0.2, 0) is 24.3 Å². The minimum atomic E-state index is 0.0156. The second-order valence-corrected chi connectivity index (χ2v) is 9.26. The van der Waals surface area contributed by atoms with E-state index in [1.165, 1.54) is 17.1 Å². The van der Waals surface area contributed by atoms with Crippen LogP contribution in [0.5, 0.6) is 0 Å². The molecule has 1 aliphatic heterocycles. The van der Waals surface area contributed by atoms with Gasteiger partial charge in [0.1, 0.15) is 0 Å². The third kappa shape index (κ3) is 5.61. The number of thioether (sulfide) groups is 1. The number of benzene rings is 1. The molecule has 2 aromatic rings. The topological polar surface area (TPSA) is 50.2 Å². The average molecular weight is 401 g/mol. The van der Waals surface area contributed by atoms with Crippen molar-refractivity contribution in [1.29, 1.82) is 0 Å². The van der Waals surface area contributed by atoms with E-state index in [4.69, 9.17) is 0 Å². The SMILES string of the molecule is Cc1nn(CC(C)C)c(C)c1CC(=O)Nc1cccc(CN2CCSCC2)c1. The third-order valence-corrected chi connectivity index (χ3v) is 6.07. The number of anilines is 1. The standard InChI is InChI=1S/C22H32N4OS/c1-16(2)14-26-18(4)21(17(3)24-26)13-22(27)23-20-7-5-6-19(12-20)15-25-8-10-28-11-9-25/h5-7,12,16H,8-11,13-15H2,1-4H3,(H,23,27). The Balaban J connectivity index is 1.62. The van der Waals surface area contributed by atoms with Crippen molar-refractivity contribution in [3.8, 4) is 0 Å². The Labute approximate surface area is 172 Å². The predicted molar refractivity (Wildman–Crippen MR) is 118 cm³/mol. The van der Waals surface area contributed by atoms with Crippen LogP contribution in [0.25, 0.3) is 0 Å². The molecule has 0 spiro atoms. The smallest absolute Gasteiger partial charge is 0.228 e. The lowest BCUT2D eigenvalue weighted by Crippen LogP contribution is -2.31. The van der Waals surface area contributed by atoms with Gasteiger partial charge in [-0.3, -0.25) is 14.4 Å². The maximum Gasteiger partial charge on any atom is 0.228 e. The zero-order valence-corrected chi connectivity index (χ0v) is 18.3. The molecule has 1 saturated heterocycles. The summed E-state index contributed by atoms with van der Waals surface area (Å²) >= 11 is 2.02. The minimum absolute atomic E-state index is 0.0156. The molecule has 5 nitrogen and oxygen atoms in total. The molecule has 1 N–H and O–H groups in total. The van der Waals surface area contributed by atoms with E-state index in [0.717, 1.165) is 48.8 Å². The molecule has 1 amide bonds. The van der Waals surface area contributed by atoms with Gasteiger partial charge in [0.2, 0.25) is 5.91 Å². The molecule has 1 aliphatic rings. The van der Waals surface area contributed by atoms with Crippen LogP contribution in [0.1, 0.15) is 36.4 Å². The second-order valence-electron chi connectivity index (χ2n) is 8.04. The van der Waals surface area contributed by atoms with Crippen LogP contribution in [0.3, 0.4) is 0 Å². The van der Waals surface area contributed by atoms with Gasteiger partial charge in [-0.05, 0) is 37.5 Å². The molecule has 1 fully saturated rings. The molecule has 28 heavy (non-hydrogen) atoms. The number of carbonyl (C=O) groups excluding carboxylic acids is 1. The fourth-order valence-electron chi connectivity index (χ4n) is 3.64. The van der Waals surface area contributed by atoms with E-state index in [1.807, 2.05) is 35.5 Å². The number of hydrogen-bond acceptors (Lipinski definition) is 4. The molecule has 0 atom stereocenters. The van der Waals surface area contributed by atoms with E-state index in [-0.39, 0.29) is 5.91 Å². The van der Waals surface area contributed by atoms with Gasteiger partial charge >= 0.3 is 0 Å². The molecule has 0 radical (unpaired) electrons. The Kier molecular flexibility index (Phi) is 7.18. The quantitative estimate of drug-likeness (QED) is 0.766. The first kappa shape index (κ1) is 20.9. The summed E-state index contributed by atoms with van der Waals surface area (Å²) in [6.07, 6.45) is 0.364. The maximum atomic E-state index is 12.7. The normalized spacial score (nSPS) is 15.2. The average Bonchev–Trinajstić information content (AvgIpc) is 2.89. The molecule has 2 heterocycles. The van der Waals surface area contributed by atoms with Gasteiger partial charge in [0.15, 0.2) is 0 Å². The highest BCUT2D eigenvalue weighted by Crippen LogP contribution is 2.18. The Hall–Kier alpha value is -1.79. The number of nitrogens with zero attached hydrogens (tertiary/aromatic N) is 3. The van der Waals surface area contributed by atoms with Gasteiger partial charge in [-0.15, -0.1) is 0 Å². The number of aromatic nitrogens is 2. The first-order valence-corrected chi connectivity index (χ1v) is 11.3. The Morgan fingerprint density at radius 2 is 2.00 bits per heavy atom. The van der Waals surface area contributed by atoms with Crippen LogP contribution < -0.4 is 5.32 Å². The number of aryl methyl sites for hydroxylation is 1. The van der Waals surface area contributed by atoms with Crippen molar-refractivity contribution in [3.05, 3.63) is 46.8 Å². The van der Waals surface area contributed by atoms with Gasteiger partial charge < -0.3 is 5.32 Å². The number of rotatable bonds is 7. The second kappa shape index (κ2) is 9.61. The number of nitrogens with one attached hydrogen (secondary N) is 1. The number of amides is 1. The van der Waals surface area contributed by atoms with Gasteiger partial charge in [0.05, 0.1) is 12.1 Å². The molecule has 152 valence electrons. The summed E-state index contributed by atoms with van der Waals surface area (Å²) in [5.41, 5.74) is 5.21. The van der Waals surface area contributed by atoms with E-state index in [9.17, 15) is 4.79 Å².